The Morgan fingerprint density at radius 2 is 1.49 bits per heavy atom. The summed E-state index contributed by atoms with van der Waals surface area (Å²) in [6.07, 6.45) is 5.65. The maximum absolute atomic E-state index is 6.39. The Morgan fingerprint density at radius 1 is 0.634 bits per heavy atom. The summed E-state index contributed by atoms with van der Waals surface area (Å²) in [5, 5.41) is 8.06. The van der Waals surface area contributed by atoms with Gasteiger partial charge in [-0.3, -0.25) is 4.57 Å². The van der Waals surface area contributed by atoms with Crippen LogP contribution >= 0.6 is 0 Å². The fourth-order valence-electron chi connectivity index (χ4n) is 5.40. The van der Waals surface area contributed by atoms with E-state index in [2.05, 4.69) is 63.2 Å². The summed E-state index contributed by atoms with van der Waals surface area (Å²) >= 11 is 0. The van der Waals surface area contributed by atoms with Crippen molar-refractivity contribution in [1.29, 1.82) is 0 Å². The van der Waals surface area contributed by atoms with Crippen LogP contribution in [0.4, 0.5) is 0 Å². The molecule has 0 atom stereocenters. The standard InChI is InChI=1S/C35H23N5O/c1-3-12-31-24(8-1)15-18-32(38-31)25-22-37-39(23-25)26-9-7-10-27(20-26)41-28-16-17-30-29-11-2-4-13-33(29)40(34(30)21-28)35-14-5-6-19-36-35/h1-23H. The maximum Gasteiger partial charge on any atom is 0.137 e. The largest absolute Gasteiger partial charge is 0.457 e. The van der Waals surface area contributed by atoms with Crippen molar-refractivity contribution in [3.05, 3.63) is 140 Å². The Morgan fingerprint density at radius 3 is 2.44 bits per heavy atom. The number of nitrogens with zero attached hydrogens (tertiary/aromatic N) is 5. The van der Waals surface area contributed by atoms with Crippen LogP contribution in [0.5, 0.6) is 11.5 Å². The molecule has 4 heterocycles. The Balaban J connectivity index is 1.13. The minimum absolute atomic E-state index is 0.725. The van der Waals surface area contributed by atoms with E-state index < -0.39 is 0 Å². The lowest BCUT2D eigenvalue weighted by molar-refractivity contribution is 0.483. The smallest absolute Gasteiger partial charge is 0.137 e. The third-order valence-electron chi connectivity index (χ3n) is 7.32. The van der Waals surface area contributed by atoms with Gasteiger partial charge in [-0.25, -0.2) is 14.6 Å². The van der Waals surface area contributed by atoms with Crippen LogP contribution in [0.25, 0.3) is 55.5 Å². The zero-order chi connectivity index (χ0) is 27.2. The molecule has 0 bridgehead atoms. The van der Waals surface area contributed by atoms with Crippen molar-refractivity contribution in [3.8, 4) is 34.3 Å². The molecule has 0 aliphatic heterocycles. The Hall–Kier alpha value is -5.75. The maximum atomic E-state index is 6.39. The van der Waals surface area contributed by atoms with Crippen LogP contribution in [0, 0.1) is 0 Å². The zero-order valence-corrected chi connectivity index (χ0v) is 21.9. The lowest BCUT2D eigenvalue weighted by Gasteiger charge is -2.10. The van der Waals surface area contributed by atoms with Crippen LogP contribution < -0.4 is 4.74 Å². The average Bonchev–Trinajstić information content (AvgIpc) is 3.65. The number of para-hydroxylation sites is 2. The molecule has 0 saturated heterocycles. The molecule has 8 aromatic rings. The molecule has 6 nitrogen and oxygen atoms in total. The van der Waals surface area contributed by atoms with Gasteiger partial charge in [-0.05, 0) is 54.6 Å². The molecular formula is C35H23N5O. The molecule has 0 unspecified atom stereocenters. The van der Waals surface area contributed by atoms with E-state index in [1.54, 1.807) is 0 Å². The summed E-state index contributed by atoms with van der Waals surface area (Å²) in [5.74, 6) is 2.34. The summed E-state index contributed by atoms with van der Waals surface area (Å²) < 4.78 is 10.4. The van der Waals surface area contributed by atoms with Crippen molar-refractivity contribution in [1.82, 2.24) is 24.3 Å². The van der Waals surface area contributed by atoms with E-state index in [0.717, 1.165) is 61.6 Å². The fourth-order valence-corrected chi connectivity index (χ4v) is 5.40. The first-order chi connectivity index (χ1) is 20.3. The van der Waals surface area contributed by atoms with Crippen molar-refractivity contribution in [2.24, 2.45) is 0 Å². The molecule has 0 aliphatic rings. The second kappa shape index (κ2) is 9.47. The summed E-state index contributed by atoms with van der Waals surface area (Å²) in [6.45, 7) is 0. The second-order valence-electron chi connectivity index (χ2n) is 9.88. The van der Waals surface area contributed by atoms with E-state index in [-0.39, 0.29) is 0 Å². The second-order valence-corrected chi connectivity index (χ2v) is 9.88. The molecule has 194 valence electrons. The highest BCUT2D eigenvalue weighted by Crippen LogP contribution is 2.35. The highest BCUT2D eigenvalue weighted by Gasteiger charge is 2.14. The van der Waals surface area contributed by atoms with Crippen LogP contribution in [-0.2, 0) is 0 Å². The number of benzene rings is 4. The minimum Gasteiger partial charge on any atom is -0.457 e. The number of hydrogen-bond acceptors (Lipinski definition) is 4. The van der Waals surface area contributed by atoms with Crippen LogP contribution in [0.2, 0.25) is 0 Å². The average molecular weight is 530 g/mol. The predicted molar refractivity (Wildman–Crippen MR) is 163 cm³/mol. The summed E-state index contributed by atoms with van der Waals surface area (Å²) in [6, 6.07) is 40.7. The lowest BCUT2D eigenvalue weighted by atomic mass is 10.1. The molecule has 0 fully saturated rings. The molecule has 4 aromatic heterocycles. The minimum atomic E-state index is 0.725. The van der Waals surface area contributed by atoms with Gasteiger partial charge in [0.25, 0.3) is 0 Å². The lowest BCUT2D eigenvalue weighted by Crippen LogP contribution is -1.97. The topological polar surface area (TPSA) is 57.8 Å². The van der Waals surface area contributed by atoms with Crippen molar-refractivity contribution in [2.75, 3.05) is 0 Å². The Bertz CT molecular complexity index is 2200. The number of hydrogen-bond donors (Lipinski definition) is 0. The Kier molecular flexibility index (Phi) is 5.35. The predicted octanol–water partition coefficient (Wildman–Crippen LogP) is 8.37. The first-order valence-corrected chi connectivity index (χ1v) is 13.4. The van der Waals surface area contributed by atoms with Crippen LogP contribution in [0.3, 0.4) is 0 Å². The van der Waals surface area contributed by atoms with E-state index in [1.165, 1.54) is 5.39 Å². The van der Waals surface area contributed by atoms with Gasteiger partial charge in [0.1, 0.15) is 17.3 Å². The fraction of sp³-hybridized carbons (Fsp3) is 0. The number of fused-ring (bicyclic) bond motifs is 4. The zero-order valence-electron chi connectivity index (χ0n) is 21.9. The van der Waals surface area contributed by atoms with Crippen molar-refractivity contribution in [2.45, 2.75) is 0 Å². The number of rotatable bonds is 5. The van der Waals surface area contributed by atoms with E-state index in [4.69, 9.17) is 9.72 Å². The van der Waals surface area contributed by atoms with Crippen LogP contribution in [0.1, 0.15) is 0 Å². The number of aromatic nitrogens is 5. The third kappa shape index (κ3) is 4.10. The molecule has 8 rings (SSSR count). The monoisotopic (exact) mass is 529 g/mol. The molecule has 0 aliphatic carbocycles. The summed E-state index contributed by atoms with van der Waals surface area (Å²) in [5.41, 5.74) is 5.85. The highest BCUT2D eigenvalue weighted by atomic mass is 16.5. The van der Waals surface area contributed by atoms with E-state index in [1.807, 2.05) is 96.1 Å². The van der Waals surface area contributed by atoms with Gasteiger partial charge in [-0.15, -0.1) is 0 Å². The van der Waals surface area contributed by atoms with E-state index >= 15 is 0 Å². The van der Waals surface area contributed by atoms with Gasteiger partial charge in [-0.2, -0.15) is 5.10 Å². The van der Waals surface area contributed by atoms with Gasteiger partial charge < -0.3 is 4.74 Å². The van der Waals surface area contributed by atoms with E-state index in [0.29, 0.717) is 0 Å². The van der Waals surface area contributed by atoms with Gasteiger partial charge in [0.05, 0.1) is 34.1 Å². The molecule has 0 amide bonds. The molecule has 0 saturated carbocycles. The SMILES string of the molecule is c1ccc(-n2c3ccccc3c3ccc(Oc4cccc(-n5cc(-c6ccc7ccccc7n6)cn5)c4)cc32)nc1. The molecule has 0 spiro atoms. The van der Waals surface area contributed by atoms with Crippen LogP contribution in [-0.4, -0.2) is 24.3 Å². The van der Waals surface area contributed by atoms with Gasteiger partial charge in [-0.1, -0.05) is 54.6 Å². The Labute approximate surface area is 235 Å². The normalized spacial score (nSPS) is 11.4. The third-order valence-corrected chi connectivity index (χ3v) is 7.32. The van der Waals surface area contributed by atoms with E-state index in [9.17, 15) is 0 Å². The molecule has 6 heteroatoms. The summed E-state index contributed by atoms with van der Waals surface area (Å²) in [7, 11) is 0. The van der Waals surface area contributed by atoms with Gasteiger partial charge >= 0.3 is 0 Å². The van der Waals surface area contributed by atoms with Gasteiger partial charge in [0.15, 0.2) is 0 Å². The quantitative estimate of drug-likeness (QED) is 0.225. The van der Waals surface area contributed by atoms with Gasteiger partial charge in [0.2, 0.25) is 0 Å². The molecule has 41 heavy (non-hydrogen) atoms. The highest BCUT2D eigenvalue weighted by molar-refractivity contribution is 6.09. The van der Waals surface area contributed by atoms with Crippen molar-refractivity contribution >= 4 is 32.7 Å². The summed E-state index contributed by atoms with van der Waals surface area (Å²) in [4.78, 5) is 9.44. The van der Waals surface area contributed by atoms with Crippen LogP contribution in [0.15, 0.2) is 140 Å². The van der Waals surface area contributed by atoms with Gasteiger partial charge in [0, 0.05) is 46.2 Å². The number of pyridine rings is 2. The first-order valence-electron chi connectivity index (χ1n) is 13.4. The number of ether oxygens (including phenoxy) is 1. The molecule has 0 N–H and O–H groups in total. The molecular weight excluding hydrogens is 506 g/mol. The molecule has 4 aromatic carbocycles. The molecule has 0 radical (unpaired) electrons. The van der Waals surface area contributed by atoms with Crippen molar-refractivity contribution in [3.63, 3.8) is 0 Å². The first kappa shape index (κ1) is 23.2. The van der Waals surface area contributed by atoms with Crippen molar-refractivity contribution < 1.29 is 4.74 Å².